The van der Waals surface area contributed by atoms with Gasteiger partial charge in [-0.15, -0.1) is 10.2 Å². The number of nitrogens with zero attached hydrogens (tertiary/aromatic N) is 4. The zero-order chi connectivity index (χ0) is 17.9. The molecule has 0 N–H and O–H groups in total. The molecule has 2 heterocycles. The number of benzene rings is 1. The van der Waals surface area contributed by atoms with Gasteiger partial charge in [0.2, 0.25) is 21.8 Å². The van der Waals surface area contributed by atoms with E-state index < -0.39 is 10.0 Å². The summed E-state index contributed by atoms with van der Waals surface area (Å²) < 4.78 is 32.1. The number of aryl methyl sites for hydroxylation is 1. The standard InChI is InChI=1S/C16H21ClN4O3S/c1-13-18-19-16(24-13)6-7-20-8-10-21(11-9-20)25(22,23)12-14-4-2-3-5-15(14)17/h2-5H,6-12H2,1H3. The van der Waals surface area contributed by atoms with Crippen LogP contribution in [0.5, 0.6) is 0 Å². The fourth-order valence-electron chi connectivity index (χ4n) is 2.83. The van der Waals surface area contributed by atoms with Crippen LogP contribution in [0.3, 0.4) is 0 Å². The first-order valence-electron chi connectivity index (χ1n) is 8.16. The zero-order valence-electron chi connectivity index (χ0n) is 14.1. The highest BCUT2D eigenvalue weighted by Gasteiger charge is 2.27. The molecule has 1 fully saturated rings. The maximum Gasteiger partial charge on any atom is 0.218 e. The van der Waals surface area contributed by atoms with Crippen molar-refractivity contribution in [1.29, 1.82) is 0 Å². The number of aromatic nitrogens is 2. The van der Waals surface area contributed by atoms with Gasteiger partial charge >= 0.3 is 0 Å². The summed E-state index contributed by atoms with van der Waals surface area (Å²) in [5.41, 5.74) is 0.637. The molecule has 3 rings (SSSR count). The molecular formula is C16H21ClN4O3S. The largest absolute Gasteiger partial charge is 0.426 e. The number of hydrogen-bond acceptors (Lipinski definition) is 6. The first kappa shape index (κ1) is 18.3. The minimum atomic E-state index is -3.36. The lowest BCUT2D eigenvalue weighted by molar-refractivity contribution is 0.186. The second-order valence-corrected chi connectivity index (χ2v) is 8.43. The van der Waals surface area contributed by atoms with Gasteiger partial charge in [-0.3, -0.25) is 0 Å². The Kier molecular flexibility index (Phi) is 5.73. The third kappa shape index (κ3) is 4.78. The lowest BCUT2D eigenvalue weighted by atomic mass is 10.2. The number of piperazine rings is 1. The SMILES string of the molecule is Cc1nnc(CCN2CCN(S(=O)(=O)Cc3ccccc3Cl)CC2)o1. The van der Waals surface area contributed by atoms with Gasteiger partial charge in [0.1, 0.15) is 0 Å². The Morgan fingerprint density at radius 1 is 1.16 bits per heavy atom. The molecule has 0 unspecified atom stereocenters. The van der Waals surface area contributed by atoms with Gasteiger partial charge in [0.25, 0.3) is 0 Å². The zero-order valence-corrected chi connectivity index (χ0v) is 15.6. The van der Waals surface area contributed by atoms with Crippen LogP contribution in [0.1, 0.15) is 17.3 Å². The molecule has 0 radical (unpaired) electrons. The molecule has 0 saturated carbocycles. The highest BCUT2D eigenvalue weighted by Crippen LogP contribution is 2.20. The van der Waals surface area contributed by atoms with E-state index in [4.69, 9.17) is 16.0 Å². The van der Waals surface area contributed by atoms with Crippen molar-refractivity contribution in [3.05, 3.63) is 46.6 Å². The molecule has 0 amide bonds. The Morgan fingerprint density at radius 3 is 2.52 bits per heavy atom. The lowest BCUT2D eigenvalue weighted by Crippen LogP contribution is -2.49. The molecule has 136 valence electrons. The maximum absolute atomic E-state index is 12.6. The number of rotatable bonds is 6. The summed E-state index contributed by atoms with van der Waals surface area (Å²) in [6, 6.07) is 7.06. The van der Waals surface area contributed by atoms with Crippen LogP contribution in [0.4, 0.5) is 0 Å². The molecule has 2 aromatic rings. The highest BCUT2D eigenvalue weighted by atomic mass is 35.5. The molecule has 9 heteroatoms. The summed E-state index contributed by atoms with van der Waals surface area (Å²) in [7, 11) is -3.36. The van der Waals surface area contributed by atoms with E-state index in [1.165, 1.54) is 0 Å². The third-order valence-electron chi connectivity index (χ3n) is 4.23. The van der Waals surface area contributed by atoms with Crippen molar-refractivity contribution in [2.45, 2.75) is 19.1 Å². The summed E-state index contributed by atoms with van der Waals surface area (Å²) in [4.78, 5) is 2.21. The summed E-state index contributed by atoms with van der Waals surface area (Å²) in [6.45, 7) is 4.88. The van der Waals surface area contributed by atoms with Crippen molar-refractivity contribution < 1.29 is 12.8 Å². The average molecular weight is 385 g/mol. The van der Waals surface area contributed by atoms with Crippen LogP contribution in [0.25, 0.3) is 0 Å². The van der Waals surface area contributed by atoms with Gasteiger partial charge in [-0.25, -0.2) is 8.42 Å². The van der Waals surface area contributed by atoms with Crippen LogP contribution >= 0.6 is 11.6 Å². The van der Waals surface area contributed by atoms with Crippen molar-refractivity contribution in [2.75, 3.05) is 32.7 Å². The second-order valence-electron chi connectivity index (χ2n) is 6.05. The molecule has 0 aliphatic carbocycles. The molecule has 7 nitrogen and oxygen atoms in total. The summed E-state index contributed by atoms with van der Waals surface area (Å²) in [5.74, 6) is 1.12. The average Bonchev–Trinajstić information content (AvgIpc) is 3.01. The molecule has 1 saturated heterocycles. The second kappa shape index (κ2) is 7.82. The van der Waals surface area contributed by atoms with E-state index in [2.05, 4.69) is 15.1 Å². The minimum Gasteiger partial charge on any atom is -0.426 e. The molecular weight excluding hydrogens is 364 g/mol. The van der Waals surface area contributed by atoms with Crippen LogP contribution in [-0.4, -0.2) is 60.5 Å². The maximum atomic E-state index is 12.6. The van der Waals surface area contributed by atoms with E-state index in [0.29, 0.717) is 55.0 Å². The Labute approximate surface area is 152 Å². The van der Waals surface area contributed by atoms with Crippen molar-refractivity contribution in [2.24, 2.45) is 0 Å². The highest BCUT2D eigenvalue weighted by molar-refractivity contribution is 7.88. The van der Waals surface area contributed by atoms with Gasteiger partial charge in [0, 0.05) is 51.1 Å². The number of hydrogen-bond donors (Lipinski definition) is 0. The molecule has 1 aliphatic rings. The molecule has 1 aliphatic heterocycles. The van der Waals surface area contributed by atoms with Gasteiger partial charge in [-0.05, 0) is 11.6 Å². The predicted octanol–water partition coefficient (Wildman–Crippen LogP) is 1.72. The molecule has 1 aromatic carbocycles. The summed E-state index contributed by atoms with van der Waals surface area (Å²) in [6.07, 6.45) is 0.674. The first-order valence-corrected chi connectivity index (χ1v) is 10.2. The van der Waals surface area contributed by atoms with Crippen molar-refractivity contribution >= 4 is 21.6 Å². The van der Waals surface area contributed by atoms with E-state index in [-0.39, 0.29) is 5.75 Å². The van der Waals surface area contributed by atoms with E-state index >= 15 is 0 Å². The predicted molar refractivity (Wildman–Crippen MR) is 94.8 cm³/mol. The van der Waals surface area contributed by atoms with Crippen molar-refractivity contribution in [3.8, 4) is 0 Å². The molecule has 1 aromatic heterocycles. The first-order chi connectivity index (χ1) is 11.9. The minimum absolute atomic E-state index is 0.0616. The van der Waals surface area contributed by atoms with Crippen LogP contribution in [0.2, 0.25) is 5.02 Å². The smallest absolute Gasteiger partial charge is 0.218 e. The van der Waals surface area contributed by atoms with Crippen molar-refractivity contribution in [1.82, 2.24) is 19.4 Å². The van der Waals surface area contributed by atoms with Gasteiger partial charge in [-0.1, -0.05) is 29.8 Å². The molecule has 25 heavy (non-hydrogen) atoms. The van der Waals surface area contributed by atoms with Crippen LogP contribution < -0.4 is 0 Å². The van der Waals surface area contributed by atoms with E-state index in [9.17, 15) is 8.42 Å². The molecule has 0 bridgehead atoms. The Balaban J connectivity index is 1.51. The number of halogens is 1. The van der Waals surface area contributed by atoms with Crippen LogP contribution in [0, 0.1) is 6.92 Å². The third-order valence-corrected chi connectivity index (χ3v) is 6.43. The topological polar surface area (TPSA) is 79.5 Å². The summed E-state index contributed by atoms with van der Waals surface area (Å²) in [5, 5.41) is 8.27. The fourth-order valence-corrected chi connectivity index (χ4v) is 4.66. The Bertz CT molecular complexity index is 816. The quantitative estimate of drug-likeness (QED) is 0.754. The number of sulfonamides is 1. The van der Waals surface area contributed by atoms with E-state index in [0.717, 1.165) is 6.54 Å². The van der Waals surface area contributed by atoms with Gasteiger partial charge < -0.3 is 9.32 Å². The van der Waals surface area contributed by atoms with Gasteiger partial charge in [-0.2, -0.15) is 4.31 Å². The van der Waals surface area contributed by atoms with Crippen LogP contribution in [0.15, 0.2) is 28.7 Å². The summed E-state index contributed by atoms with van der Waals surface area (Å²) >= 11 is 6.08. The Hall–Kier alpha value is -1.48. The lowest BCUT2D eigenvalue weighted by Gasteiger charge is -2.33. The monoisotopic (exact) mass is 384 g/mol. The van der Waals surface area contributed by atoms with E-state index in [1.54, 1.807) is 35.5 Å². The normalized spacial score (nSPS) is 17.0. The molecule has 0 atom stereocenters. The fraction of sp³-hybridized carbons (Fsp3) is 0.500. The van der Waals surface area contributed by atoms with Crippen molar-refractivity contribution in [3.63, 3.8) is 0 Å². The van der Waals surface area contributed by atoms with Gasteiger partial charge in [0.05, 0.1) is 5.75 Å². The van der Waals surface area contributed by atoms with Gasteiger partial charge in [0.15, 0.2) is 0 Å². The van der Waals surface area contributed by atoms with Crippen LogP contribution in [-0.2, 0) is 22.2 Å². The molecule has 0 spiro atoms. The van der Waals surface area contributed by atoms with E-state index in [1.807, 2.05) is 0 Å². The Morgan fingerprint density at radius 2 is 1.88 bits per heavy atom.